The van der Waals surface area contributed by atoms with Gasteiger partial charge in [0.25, 0.3) is 5.91 Å². The van der Waals surface area contributed by atoms with E-state index in [4.69, 9.17) is 5.84 Å². The topological polar surface area (TPSA) is 61.6 Å². The van der Waals surface area contributed by atoms with Crippen molar-refractivity contribution >= 4 is 5.91 Å². The van der Waals surface area contributed by atoms with E-state index in [9.17, 15) is 4.79 Å². The molecule has 1 aliphatic carbocycles. The van der Waals surface area contributed by atoms with Gasteiger partial charge in [-0.1, -0.05) is 12.1 Å². The fourth-order valence-corrected chi connectivity index (χ4v) is 2.83. The predicted octanol–water partition coefficient (Wildman–Crippen LogP) is 0.570. The molecule has 2 fully saturated rings. The first kappa shape index (κ1) is 13.5. The Bertz CT molecular complexity index is 461. The van der Waals surface area contributed by atoms with Crippen molar-refractivity contribution in [3.05, 3.63) is 35.4 Å². The van der Waals surface area contributed by atoms with E-state index in [1.54, 1.807) is 0 Å². The van der Waals surface area contributed by atoms with Crippen LogP contribution in [-0.2, 0) is 6.54 Å². The van der Waals surface area contributed by atoms with Crippen molar-refractivity contribution in [2.45, 2.75) is 25.4 Å². The number of piperazine rings is 1. The molecule has 20 heavy (non-hydrogen) atoms. The summed E-state index contributed by atoms with van der Waals surface area (Å²) in [6, 6.07) is 8.57. The summed E-state index contributed by atoms with van der Waals surface area (Å²) in [5.74, 6) is 4.88. The van der Waals surface area contributed by atoms with Gasteiger partial charge in [0, 0.05) is 44.3 Å². The van der Waals surface area contributed by atoms with E-state index in [0.717, 1.165) is 25.7 Å². The molecular weight excluding hydrogens is 252 g/mol. The third-order valence-corrected chi connectivity index (χ3v) is 4.22. The lowest BCUT2D eigenvalue weighted by atomic mass is 10.1. The molecule has 1 aromatic carbocycles. The van der Waals surface area contributed by atoms with E-state index in [1.165, 1.54) is 31.5 Å². The smallest absolute Gasteiger partial charge is 0.265 e. The number of carbonyl (C=O) groups excluding carboxylic acids is 1. The number of nitrogens with zero attached hydrogens (tertiary/aromatic N) is 2. The quantitative estimate of drug-likeness (QED) is 0.479. The zero-order valence-corrected chi connectivity index (χ0v) is 11.7. The SMILES string of the molecule is NNC(=O)c1ccc(CN2CCN(C3CC3)CC2)cc1. The second-order valence-electron chi connectivity index (χ2n) is 5.71. The highest BCUT2D eigenvalue weighted by Gasteiger charge is 2.30. The van der Waals surface area contributed by atoms with Crippen molar-refractivity contribution < 1.29 is 4.79 Å². The highest BCUT2D eigenvalue weighted by molar-refractivity contribution is 5.93. The molecule has 0 bridgehead atoms. The van der Waals surface area contributed by atoms with Gasteiger partial charge >= 0.3 is 0 Å². The van der Waals surface area contributed by atoms with E-state index in [-0.39, 0.29) is 5.91 Å². The first-order chi connectivity index (χ1) is 9.76. The monoisotopic (exact) mass is 274 g/mol. The van der Waals surface area contributed by atoms with Crippen LogP contribution in [0.1, 0.15) is 28.8 Å². The van der Waals surface area contributed by atoms with Gasteiger partial charge in [0.15, 0.2) is 0 Å². The third kappa shape index (κ3) is 3.17. The Morgan fingerprint density at radius 2 is 1.80 bits per heavy atom. The normalized spacial score (nSPS) is 20.9. The highest BCUT2D eigenvalue weighted by Crippen LogP contribution is 2.27. The lowest BCUT2D eigenvalue weighted by molar-refractivity contribution is 0.0953. The van der Waals surface area contributed by atoms with Gasteiger partial charge in [-0.2, -0.15) is 0 Å². The number of hydrogen-bond acceptors (Lipinski definition) is 4. The zero-order chi connectivity index (χ0) is 13.9. The number of hydrazine groups is 1. The van der Waals surface area contributed by atoms with Gasteiger partial charge in [-0.15, -0.1) is 0 Å². The largest absolute Gasteiger partial charge is 0.298 e. The molecule has 0 radical (unpaired) electrons. The average Bonchev–Trinajstić information content (AvgIpc) is 3.33. The van der Waals surface area contributed by atoms with Crippen molar-refractivity contribution in [1.82, 2.24) is 15.2 Å². The number of nitrogens with two attached hydrogens (primary N) is 1. The average molecular weight is 274 g/mol. The van der Waals surface area contributed by atoms with Crippen LogP contribution in [-0.4, -0.2) is 47.9 Å². The van der Waals surface area contributed by atoms with Gasteiger partial charge in [-0.25, -0.2) is 5.84 Å². The Labute approximate surface area is 119 Å². The predicted molar refractivity (Wildman–Crippen MR) is 78.0 cm³/mol. The van der Waals surface area contributed by atoms with E-state index < -0.39 is 0 Å². The van der Waals surface area contributed by atoms with E-state index in [2.05, 4.69) is 15.2 Å². The summed E-state index contributed by atoms with van der Waals surface area (Å²) in [5, 5.41) is 0. The summed E-state index contributed by atoms with van der Waals surface area (Å²) in [6.07, 6.45) is 2.79. The van der Waals surface area contributed by atoms with E-state index in [1.807, 2.05) is 24.3 Å². The summed E-state index contributed by atoms with van der Waals surface area (Å²) < 4.78 is 0. The summed E-state index contributed by atoms with van der Waals surface area (Å²) in [7, 11) is 0. The molecule has 5 nitrogen and oxygen atoms in total. The first-order valence-corrected chi connectivity index (χ1v) is 7.32. The summed E-state index contributed by atoms with van der Waals surface area (Å²) in [4.78, 5) is 16.5. The van der Waals surface area contributed by atoms with Crippen LogP contribution in [0.25, 0.3) is 0 Å². The number of amides is 1. The van der Waals surface area contributed by atoms with Gasteiger partial charge in [-0.05, 0) is 30.5 Å². The van der Waals surface area contributed by atoms with Gasteiger partial charge in [0.1, 0.15) is 0 Å². The number of rotatable bonds is 4. The Morgan fingerprint density at radius 1 is 1.15 bits per heavy atom. The van der Waals surface area contributed by atoms with Crippen molar-refractivity contribution in [3.8, 4) is 0 Å². The number of carbonyl (C=O) groups is 1. The number of nitrogens with one attached hydrogen (secondary N) is 1. The minimum Gasteiger partial charge on any atom is -0.298 e. The third-order valence-electron chi connectivity index (χ3n) is 4.22. The van der Waals surface area contributed by atoms with Gasteiger partial charge in [0.05, 0.1) is 0 Å². The van der Waals surface area contributed by atoms with Gasteiger partial charge < -0.3 is 0 Å². The van der Waals surface area contributed by atoms with Crippen LogP contribution in [0.15, 0.2) is 24.3 Å². The molecule has 1 aliphatic heterocycles. The number of benzene rings is 1. The van der Waals surface area contributed by atoms with Crippen molar-refractivity contribution in [2.75, 3.05) is 26.2 Å². The number of nitrogen functional groups attached to an aromatic ring is 1. The number of hydrogen-bond donors (Lipinski definition) is 2. The minimum atomic E-state index is -0.241. The van der Waals surface area contributed by atoms with Crippen LogP contribution in [0.4, 0.5) is 0 Å². The zero-order valence-electron chi connectivity index (χ0n) is 11.7. The lowest BCUT2D eigenvalue weighted by Gasteiger charge is -2.34. The molecular formula is C15H22N4O. The van der Waals surface area contributed by atoms with Crippen molar-refractivity contribution in [2.24, 2.45) is 5.84 Å². The molecule has 1 heterocycles. The summed E-state index contributed by atoms with van der Waals surface area (Å²) >= 11 is 0. The molecule has 0 unspecified atom stereocenters. The summed E-state index contributed by atoms with van der Waals surface area (Å²) in [6.45, 7) is 5.63. The maximum absolute atomic E-state index is 11.4. The van der Waals surface area contributed by atoms with Gasteiger partial charge in [0.2, 0.25) is 0 Å². The van der Waals surface area contributed by atoms with Crippen LogP contribution in [0.2, 0.25) is 0 Å². The van der Waals surface area contributed by atoms with Crippen LogP contribution in [0.3, 0.4) is 0 Å². The Morgan fingerprint density at radius 3 is 2.35 bits per heavy atom. The van der Waals surface area contributed by atoms with Gasteiger partial charge in [-0.3, -0.25) is 20.0 Å². The molecule has 1 saturated heterocycles. The fraction of sp³-hybridized carbons (Fsp3) is 0.533. The maximum Gasteiger partial charge on any atom is 0.265 e. The molecule has 3 N–H and O–H groups in total. The Kier molecular flexibility index (Phi) is 4.00. The van der Waals surface area contributed by atoms with Crippen LogP contribution >= 0.6 is 0 Å². The molecule has 1 amide bonds. The van der Waals surface area contributed by atoms with Crippen LogP contribution < -0.4 is 11.3 Å². The fourth-order valence-electron chi connectivity index (χ4n) is 2.83. The second kappa shape index (κ2) is 5.91. The molecule has 1 saturated carbocycles. The van der Waals surface area contributed by atoms with Crippen LogP contribution in [0.5, 0.6) is 0 Å². The van der Waals surface area contributed by atoms with Crippen molar-refractivity contribution in [3.63, 3.8) is 0 Å². The standard InChI is InChI=1S/C15H22N4O/c16-17-15(20)13-3-1-12(2-4-13)11-18-7-9-19(10-8-18)14-5-6-14/h1-4,14H,5-11,16H2,(H,17,20). The second-order valence-corrected chi connectivity index (χ2v) is 5.71. The Balaban J connectivity index is 1.51. The minimum absolute atomic E-state index is 0.241. The van der Waals surface area contributed by atoms with Crippen molar-refractivity contribution in [1.29, 1.82) is 0 Å². The molecule has 0 spiro atoms. The Hall–Kier alpha value is -1.43. The maximum atomic E-state index is 11.4. The summed E-state index contributed by atoms with van der Waals surface area (Å²) in [5.41, 5.74) is 4.00. The highest BCUT2D eigenvalue weighted by atomic mass is 16.2. The molecule has 108 valence electrons. The molecule has 0 atom stereocenters. The van der Waals surface area contributed by atoms with Crippen LogP contribution in [0, 0.1) is 0 Å². The van der Waals surface area contributed by atoms with E-state index in [0.29, 0.717) is 5.56 Å². The molecule has 3 rings (SSSR count). The van der Waals surface area contributed by atoms with E-state index >= 15 is 0 Å². The first-order valence-electron chi connectivity index (χ1n) is 7.32. The molecule has 5 heteroatoms. The molecule has 2 aliphatic rings. The molecule has 0 aromatic heterocycles. The molecule has 1 aromatic rings. The lowest BCUT2D eigenvalue weighted by Crippen LogP contribution is -2.46.